The molecule has 2 N–H and O–H groups in total. The van der Waals surface area contributed by atoms with Crippen molar-refractivity contribution >= 4 is 29.5 Å². The Hall–Kier alpha value is -1.83. The molecule has 0 aromatic carbocycles. The smallest absolute Gasteiger partial charge is 0.341 e. The van der Waals surface area contributed by atoms with Crippen molar-refractivity contribution in [3.8, 4) is 0 Å². The minimum absolute atomic E-state index is 0.0224. The number of hydrogen-bond donors (Lipinski definition) is 2. The van der Waals surface area contributed by atoms with E-state index in [1.54, 1.807) is 4.90 Å². The van der Waals surface area contributed by atoms with Crippen molar-refractivity contribution in [1.29, 1.82) is 0 Å². The third-order valence-electron chi connectivity index (χ3n) is 3.23. The molecule has 8 heteroatoms. The van der Waals surface area contributed by atoms with E-state index in [4.69, 9.17) is 0 Å². The van der Waals surface area contributed by atoms with Gasteiger partial charge in [0.25, 0.3) is 0 Å². The molecule has 0 bridgehead atoms. The van der Waals surface area contributed by atoms with E-state index >= 15 is 0 Å². The summed E-state index contributed by atoms with van der Waals surface area (Å²) in [6.07, 6.45) is 4.38. The van der Waals surface area contributed by atoms with Gasteiger partial charge in [0.1, 0.15) is 11.4 Å². The molecule has 1 aromatic heterocycles. The van der Waals surface area contributed by atoms with Crippen LogP contribution in [-0.2, 0) is 4.79 Å². The van der Waals surface area contributed by atoms with Crippen LogP contribution in [0, 0.1) is 0 Å². The van der Waals surface area contributed by atoms with Gasteiger partial charge in [-0.15, -0.1) is 0 Å². The van der Waals surface area contributed by atoms with Gasteiger partial charge in [-0.2, -0.15) is 0 Å². The fourth-order valence-corrected chi connectivity index (χ4v) is 2.62. The SMILES string of the molecule is CCCN1CC(Nc2nc(SC)ncc2C(=O)O)CC1=O. The average Bonchev–Trinajstić information content (AvgIpc) is 2.79. The van der Waals surface area contributed by atoms with Crippen LogP contribution in [-0.4, -0.2) is 57.2 Å². The largest absolute Gasteiger partial charge is 0.477 e. The fraction of sp³-hybridized carbons (Fsp3) is 0.538. The summed E-state index contributed by atoms with van der Waals surface area (Å²) in [6.45, 7) is 3.32. The summed E-state index contributed by atoms with van der Waals surface area (Å²) < 4.78 is 0. The minimum atomic E-state index is -1.08. The van der Waals surface area contributed by atoms with E-state index in [9.17, 15) is 14.7 Å². The summed E-state index contributed by atoms with van der Waals surface area (Å²) in [4.78, 5) is 33.0. The number of carboxylic acids is 1. The molecular weight excluding hydrogens is 292 g/mol. The second-order valence-corrected chi connectivity index (χ2v) is 5.58. The molecule has 0 aliphatic carbocycles. The maximum absolute atomic E-state index is 11.8. The molecular formula is C13H18N4O3S. The van der Waals surface area contributed by atoms with Gasteiger partial charge in [-0.3, -0.25) is 4.79 Å². The van der Waals surface area contributed by atoms with E-state index in [1.165, 1.54) is 18.0 Å². The Bertz CT molecular complexity index is 552. The number of nitrogens with zero attached hydrogens (tertiary/aromatic N) is 3. The van der Waals surface area contributed by atoms with Crippen molar-refractivity contribution in [2.45, 2.75) is 31.0 Å². The molecule has 1 aromatic rings. The molecule has 1 atom stereocenters. The quantitative estimate of drug-likeness (QED) is 0.604. The van der Waals surface area contributed by atoms with Gasteiger partial charge in [0.2, 0.25) is 5.91 Å². The number of aromatic carboxylic acids is 1. The van der Waals surface area contributed by atoms with Crippen LogP contribution in [0.15, 0.2) is 11.4 Å². The average molecular weight is 310 g/mol. The molecule has 0 spiro atoms. The van der Waals surface area contributed by atoms with Crippen LogP contribution in [0.25, 0.3) is 0 Å². The van der Waals surface area contributed by atoms with E-state index in [-0.39, 0.29) is 23.3 Å². The standard InChI is InChI=1S/C13H18N4O3S/c1-3-4-17-7-8(5-10(17)18)15-11-9(12(19)20)6-14-13(16-11)21-2/h6,8H,3-5,7H2,1-2H3,(H,19,20)(H,14,15,16). The number of likely N-dealkylation sites (tertiary alicyclic amines) is 1. The summed E-state index contributed by atoms with van der Waals surface area (Å²) in [7, 11) is 0. The summed E-state index contributed by atoms with van der Waals surface area (Å²) in [6, 6.07) is -0.119. The first-order chi connectivity index (χ1) is 10.0. The molecule has 0 radical (unpaired) electrons. The third kappa shape index (κ3) is 3.63. The second kappa shape index (κ2) is 6.75. The van der Waals surface area contributed by atoms with Crippen LogP contribution in [0.3, 0.4) is 0 Å². The highest BCUT2D eigenvalue weighted by Gasteiger charge is 2.30. The first-order valence-electron chi connectivity index (χ1n) is 6.73. The third-order valence-corrected chi connectivity index (χ3v) is 3.79. The van der Waals surface area contributed by atoms with Gasteiger partial charge in [-0.25, -0.2) is 14.8 Å². The number of nitrogens with one attached hydrogen (secondary N) is 1. The summed E-state index contributed by atoms with van der Waals surface area (Å²) in [5, 5.41) is 12.8. The number of carbonyl (C=O) groups excluding carboxylic acids is 1. The van der Waals surface area contributed by atoms with Gasteiger partial charge >= 0.3 is 5.97 Å². The van der Waals surface area contributed by atoms with E-state index in [2.05, 4.69) is 15.3 Å². The molecule has 1 fully saturated rings. The number of amides is 1. The van der Waals surface area contributed by atoms with Gasteiger partial charge in [0.05, 0.1) is 6.04 Å². The number of rotatable bonds is 6. The molecule has 2 heterocycles. The Labute approximate surface area is 127 Å². The zero-order valence-electron chi connectivity index (χ0n) is 12.0. The maximum atomic E-state index is 11.8. The van der Waals surface area contributed by atoms with Crippen LogP contribution in [0.5, 0.6) is 0 Å². The number of anilines is 1. The summed E-state index contributed by atoms with van der Waals surface area (Å²) >= 11 is 1.34. The predicted octanol–water partition coefficient (Wildman–Crippen LogP) is 1.32. The van der Waals surface area contributed by atoms with Crippen molar-refractivity contribution < 1.29 is 14.7 Å². The van der Waals surface area contributed by atoms with Crippen molar-refractivity contribution in [2.75, 3.05) is 24.7 Å². The highest BCUT2D eigenvalue weighted by molar-refractivity contribution is 7.98. The Morgan fingerprint density at radius 3 is 3.00 bits per heavy atom. The fourth-order valence-electron chi connectivity index (χ4n) is 2.28. The zero-order chi connectivity index (χ0) is 15.4. The number of carboxylic acid groups (broad SMARTS) is 1. The van der Waals surface area contributed by atoms with Crippen molar-refractivity contribution in [3.05, 3.63) is 11.8 Å². The van der Waals surface area contributed by atoms with Crippen LogP contribution in [0.4, 0.5) is 5.82 Å². The summed E-state index contributed by atoms with van der Waals surface area (Å²) in [5.41, 5.74) is 0.0224. The van der Waals surface area contributed by atoms with Crippen LogP contribution in [0.1, 0.15) is 30.1 Å². The Balaban J connectivity index is 2.15. The number of carbonyl (C=O) groups is 2. The molecule has 21 heavy (non-hydrogen) atoms. The zero-order valence-corrected chi connectivity index (χ0v) is 12.8. The van der Waals surface area contributed by atoms with Gasteiger partial charge in [0.15, 0.2) is 5.16 Å². The van der Waals surface area contributed by atoms with Crippen LogP contribution >= 0.6 is 11.8 Å². The highest BCUT2D eigenvalue weighted by atomic mass is 32.2. The lowest BCUT2D eigenvalue weighted by Crippen LogP contribution is -2.29. The van der Waals surface area contributed by atoms with E-state index in [0.717, 1.165) is 13.0 Å². The molecule has 2 rings (SSSR count). The monoisotopic (exact) mass is 310 g/mol. The predicted molar refractivity (Wildman–Crippen MR) is 79.7 cm³/mol. The van der Waals surface area contributed by atoms with E-state index in [1.807, 2.05) is 13.2 Å². The molecule has 1 amide bonds. The topological polar surface area (TPSA) is 95.4 Å². The molecule has 1 unspecified atom stereocenters. The van der Waals surface area contributed by atoms with Gasteiger partial charge < -0.3 is 15.3 Å². The molecule has 7 nitrogen and oxygen atoms in total. The first-order valence-corrected chi connectivity index (χ1v) is 7.96. The Kier molecular flexibility index (Phi) is 5.00. The number of thioether (sulfide) groups is 1. The lowest BCUT2D eigenvalue weighted by atomic mass is 10.2. The van der Waals surface area contributed by atoms with Gasteiger partial charge in [0, 0.05) is 25.7 Å². The maximum Gasteiger partial charge on any atom is 0.341 e. The molecule has 1 saturated heterocycles. The normalized spacial score (nSPS) is 18.1. The summed E-state index contributed by atoms with van der Waals surface area (Å²) in [5.74, 6) is -0.719. The molecule has 1 aliphatic rings. The molecule has 1 aliphatic heterocycles. The van der Waals surface area contributed by atoms with E-state index in [0.29, 0.717) is 18.1 Å². The second-order valence-electron chi connectivity index (χ2n) is 4.81. The van der Waals surface area contributed by atoms with Crippen LogP contribution < -0.4 is 5.32 Å². The lowest BCUT2D eigenvalue weighted by Gasteiger charge is -2.17. The lowest BCUT2D eigenvalue weighted by molar-refractivity contribution is -0.127. The minimum Gasteiger partial charge on any atom is -0.477 e. The number of aromatic nitrogens is 2. The van der Waals surface area contributed by atoms with E-state index < -0.39 is 5.97 Å². The number of hydrogen-bond acceptors (Lipinski definition) is 6. The van der Waals surface area contributed by atoms with Crippen molar-refractivity contribution in [1.82, 2.24) is 14.9 Å². The van der Waals surface area contributed by atoms with Gasteiger partial charge in [-0.1, -0.05) is 18.7 Å². The highest BCUT2D eigenvalue weighted by Crippen LogP contribution is 2.21. The van der Waals surface area contributed by atoms with Crippen molar-refractivity contribution in [3.63, 3.8) is 0 Å². The van der Waals surface area contributed by atoms with Crippen LogP contribution in [0.2, 0.25) is 0 Å². The Morgan fingerprint density at radius 2 is 2.38 bits per heavy atom. The van der Waals surface area contributed by atoms with Gasteiger partial charge in [-0.05, 0) is 12.7 Å². The van der Waals surface area contributed by atoms with Crippen molar-refractivity contribution in [2.24, 2.45) is 0 Å². The first kappa shape index (κ1) is 15.6. The molecule has 114 valence electrons. The molecule has 0 saturated carbocycles. The Morgan fingerprint density at radius 1 is 1.62 bits per heavy atom.